The Bertz CT molecular complexity index is 937. The lowest BCUT2D eigenvalue weighted by Crippen LogP contribution is -2.46. The van der Waals surface area contributed by atoms with Crippen molar-refractivity contribution in [1.82, 2.24) is 29.9 Å². The SMILES string of the molecule is Cc1cc(CN2CCN([C@H](C)c3nc(N)nc(Nc4ccccc4)n3)CC2)on1. The Balaban J connectivity index is 1.38. The van der Waals surface area contributed by atoms with E-state index in [4.69, 9.17) is 10.3 Å². The maximum Gasteiger partial charge on any atom is 0.232 e. The van der Waals surface area contributed by atoms with Gasteiger partial charge in [-0.3, -0.25) is 9.80 Å². The summed E-state index contributed by atoms with van der Waals surface area (Å²) in [6, 6.07) is 11.8. The topological polar surface area (TPSA) is 109 Å². The van der Waals surface area contributed by atoms with E-state index in [2.05, 4.69) is 42.1 Å². The second kappa shape index (κ2) is 8.54. The minimum Gasteiger partial charge on any atom is -0.368 e. The van der Waals surface area contributed by atoms with Crippen molar-refractivity contribution in [3.63, 3.8) is 0 Å². The van der Waals surface area contributed by atoms with Crippen LogP contribution in [0.5, 0.6) is 0 Å². The Labute approximate surface area is 169 Å². The molecule has 1 atom stereocenters. The third-order valence-corrected chi connectivity index (χ3v) is 5.08. The number of aryl methyl sites for hydroxylation is 1. The zero-order chi connectivity index (χ0) is 20.2. The van der Waals surface area contributed by atoms with E-state index in [1.54, 1.807) is 0 Å². The fourth-order valence-electron chi connectivity index (χ4n) is 3.49. The van der Waals surface area contributed by atoms with Crippen molar-refractivity contribution in [2.75, 3.05) is 37.2 Å². The molecule has 3 N–H and O–H groups in total. The number of piperazine rings is 1. The van der Waals surface area contributed by atoms with Gasteiger partial charge >= 0.3 is 0 Å². The largest absolute Gasteiger partial charge is 0.368 e. The highest BCUT2D eigenvalue weighted by atomic mass is 16.5. The maximum absolute atomic E-state index is 5.95. The molecule has 0 unspecified atom stereocenters. The fourth-order valence-corrected chi connectivity index (χ4v) is 3.49. The molecule has 0 amide bonds. The Morgan fingerprint density at radius 2 is 1.86 bits per heavy atom. The molecule has 1 aromatic carbocycles. The van der Waals surface area contributed by atoms with E-state index in [0.717, 1.165) is 49.9 Å². The van der Waals surface area contributed by atoms with E-state index in [1.165, 1.54) is 0 Å². The standard InChI is InChI=1S/C20H26N8O/c1-14-12-17(29-26-14)13-27-8-10-28(11-9-27)15(2)18-23-19(21)25-20(24-18)22-16-6-4-3-5-7-16/h3-7,12,15H,8-11,13H2,1-2H3,(H3,21,22,23,24,25)/t15-/m1/s1. The number of nitrogens with two attached hydrogens (primary N) is 1. The summed E-state index contributed by atoms with van der Waals surface area (Å²) in [5.41, 5.74) is 7.77. The number of nitrogen functional groups attached to an aromatic ring is 1. The van der Waals surface area contributed by atoms with Crippen molar-refractivity contribution in [2.45, 2.75) is 26.4 Å². The zero-order valence-corrected chi connectivity index (χ0v) is 16.7. The number of nitrogens with one attached hydrogen (secondary N) is 1. The minimum atomic E-state index is 0.0475. The van der Waals surface area contributed by atoms with Crippen LogP contribution in [-0.2, 0) is 6.54 Å². The van der Waals surface area contributed by atoms with Crippen LogP contribution in [0, 0.1) is 6.92 Å². The van der Waals surface area contributed by atoms with Crippen molar-refractivity contribution >= 4 is 17.6 Å². The maximum atomic E-state index is 5.95. The summed E-state index contributed by atoms with van der Waals surface area (Å²) in [6.07, 6.45) is 0. The molecule has 0 aliphatic carbocycles. The van der Waals surface area contributed by atoms with Crippen molar-refractivity contribution < 1.29 is 4.52 Å². The molecule has 0 radical (unpaired) electrons. The van der Waals surface area contributed by atoms with Gasteiger partial charge in [-0.15, -0.1) is 0 Å². The lowest BCUT2D eigenvalue weighted by Gasteiger charge is -2.37. The molecule has 0 saturated carbocycles. The molecule has 3 aromatic rings. The number of rotatable bonds is 6. The number of anilines is 3. The minimum absolute atomic E-state index is 0.0475. The monoisotopic (exact) mass is 394 g/mol. The molecule has 4 rings (SSSR count). The molecule has 152 valence electrons. The van der Waals surface area contributed by atoms with Gasteiger partial charge in [-0.1, -0.05) is 23.4 Å². The van der Waals surface area contributed by atoms with Crippen molar-refractivity contribution in [3.05, 3.63) is 53.7 Å². The van der Waals surface area contributed by atoms with Crippen LogP contribution in [0.25, 0.3) is 0 Å². The van der Waals surface area contributed by atoms with Gasteiger partial charge in [-0.2, -0.15) is 15.0 Å². The summed E-state index contributed by atoms with van der Waals surface area (Å²) >= 11 is 0. The van der Waals surface area contributed by atoms with Gasteiger partial charge in [0.2, 0.25) is 11.9 Å². The van der Waals surface area contributed by atoms with Gasteiger partial charge in [0, 0.05) is 37.9 Å². The first-order chi connectivity index (χ1) is 14.1. The second-order valence-electron chi connectivity index (χ2n) is 7.29. The molecule has 9 heteroatoms. The predicted octanol–water partition coefficient (Wildman–Crippen LogP) is 2.37. The third-order valence-electron chi connectivity index (χ3n) is 5.08. The summed E-state index contributed by atoms with van der Waals surface area (Å²) in [7, 11) is 0. The Morgan fingerprint density at radius 3 is 2.55 bits per heavy atom. The van der Waals surface area contributed by atoms with E-state index in [9.17, 15) is 0 Å². The van der Waals surface area contributed by atoms with Gasteiger partial charge in [-0.25, -0.2) is 0 Å². The van der Waals surface area contributed by atoms with E-state index in [-0.39, 0.29) is 12.0 Å². The smallest absolute Gasteiger partial charge is 0.232 e. The van der Waals surface area contributed by atoms with Crippen LogP contribution in [0.15, 0.2) is 40.9 Å². The molecular weight excluding hydrogens is 368 g/mol. The first kappa shape index (κ1) is 19.3. The number of nitrogens with zero attached hydrogens (tertiary/aromatic N) is 6. The van der Waals surface area contributed by atoms with Crippen LogP contribution in [0.1, 0.15) is 30.2 Å². The number of benzene rings is 1. The summed E-state index contributed by atoms with van der Waals surface area (Å²) in [4.78, 5) is 17.9. The molecule has 1 fully saturated rings. The quantitative estimate of drug-likeness (QED) is 0.651. The third kappa shape index (κ3) is 4.87. The van der Waals surface area contributed by atoms with Gasteiger partial charge in [-0.05, 0) is 26.0 Å². The molecule has 0 spiro atoms. The van der Waals surface area contributed by atoms with Crippen molar-refractivity contribution in [3.8, 4) is 0 Å². The Kier molecular flexibility index (Phi) is 5.68. The summed E-state index contributed by atoms with van der Waals surface area (Å²) in [6.45, 7) is 8.56. The van der Waals surface area contributed by atoms with Crippen LogP contribution in [0.4, 0.5) is 17.6 Å². The zero-order valence-electron chi connectivity index (χ0n) is 16.7. The molecule has 29 heavy (non-hydrogen) atoms. The summed E-state index contributed by atoms with van der Waals surface area (Å²) in [5, 5.41) is 7.15. The second-order valence-corrected chi connectivity index (χ2v) is 7.29. The van der Waals surface area contributed by atoms with E-state index >= 15 is 0 Å². The van der Waals surface area contributed by atoms with Crippen LogP contribution in [-0.4, -0.2) is 56.1 Å². The van der Waals surface area contributed by atoms with E-state index in [0.29, 0.717) is 11.8 Å². The molecular formula is C20H26N8O. The molecule has 1 aliphatic rings. The van der Waals surface area contributed by atoms with Crippen molar-refractivity contribution in [1.29, 1.82) is 0 Å². The molecule has 0 bridgehead atoms. The number of para-hydroxylation sites is 1. The normalized spacial score (nSPS) is 16.6. The fraction of sp³-hybridized carbons (Fsp3) is 0.400. The summed E-state index contributed by atoms with van der Waals surface area (Å²) < 4.78 is 5.33. The van der Waals surface area contributed by atoms with Crippen LogP contribution in [0.3, 0.4) is 0 Å². The predicted molar refractivity (Wildman–Crippen MR) is 110 cm³/mol. The first-order valence-corrected chi connectivity index (χ1v) is 9.79. The van der Waals surface area contributed by atoms with E-state index in [1.807, 2.05) is 43.3 Å². The van der Waals surface area contributed by atoms with Crippen LogP contribution < -0.4 is 11.1 Å². The molecule has 9 nitrogen and oxygen atoms in total. The number of hydrogen-bond donors (Lipinski definition) is 2. The lowest BCUT2D eigenvalue weighted by atomic mass is 10.2. The van der Waals surface area contributed by atoms with Gasteiger partial charge in [0.05, 0.1) is 18.3 Å². The van der Waals surface area contributed by atoms with Crippen LogP contribution >= 0.6 is 0 Å². The van der Waals surface area contributed by atoms with Gasteiger partial charge in [0.15, 0.2) is 11.6 Å². The van der Waals surface area contributed by atoms with E-state index < -0.39 is 0 Å². The average Bonchev–Trinajstić information content (AvgIpc) is 3.13. The van der Waals surface area contributed by atoms with Crippen LogP contribution in [0.2, 0.25) is 0 Å². The highest BCUT2D eigenvalue weighted by Crippen LogP contribution is 2.22. The van der Waals surface area contributed by atoms with Crippen molar-refractivity contribution in [2.24, 2.45) is 0 Å². The lowest BCUT2D eigenvalue weighted by molar-refractivity contribution is 0.0889. The van der Waals surface area contributed by atoms with Gasteiger partial charge < -0.3 is 15.6 Å². The molecule has 1 aliphatic heterocycles. The highest BCUT2D eigenvalue weighted by molar-refractivity contribution is 5.53. The molecule has 1 saturated heterocycles. The Morgan fingerprint density at radius 1 is 1.10 bits per heavy atom. The average molecular weight is 394 g/mol. The highest BCUT2D eigenvalue weighted by Gasteiger charge is 2.25. The first-order valence-electron chi connectivity index (χ1n) is 9.79. The molecule has 3 heterocycles. The molecule has 2 aromatic heterocycles. The number of hydrogen-bond acceptors (Lipinski definition) is 9. The van der Waals surface area contributed by atoms with Gasteiger partial charge in [0.1, 0.15) is 0 Å². The Hall–Kier alpha value is -3.04. The summed E-state index contributed by atoms with van der Waals surface area (Å²) in [5.74, 6) is 2.27. The van der Waals surface area contributed by atoms with Gasteiger partial charge in [0.25, 0.3) is 0 Å². The number of aromatic nitrogens is 4.